The van der Waals surface area contributed by atoms with Crippen molar-refractivity contribution in [2.75, 3.05) is 6.61 Å². The molecule has 1 aliphatic rings. The number of rotatable bonds is 4. The van der Waals surface area contributed by atoms with Gasteiger partial charge in [-0.05, 0) is 31.9 Å². The van der Waals surface area contributed by atoms with E-state index < -0.39 is 11.6 Å². The van der Waals surface area contributed by atoms with Gasteiger partial charge in [-0.25, -0.2) is 4.98 Å². The van der Waals surface area contributed by atoms with Crippen LogP contribution < -0.4 is 5.56 Å². The normalized spacial score (nSPS) is 15.7. The molecule has 0 radical (unpaired) electrons. The molecule has 5 rings (SSSR count). The van der Waals surface area contributed by atoms with Gasteiger partial charge >= 0.3 is 0 Å². The number of halogens is 1. The highest BCUT2D eigenvalue weighted by atomic mass is 35.5. The first-order chi connectivity index (χ1) is 15.0. The van der Waals surface area contributed by atoms with Gasteiger partial charge in [-0.2, -0.15) is 10.2 Å². The maximum absolute atomic E-state index is 13.6. The summed E-state index contributed by atoms with van der Waals surface area (Å²) in [6.07, 6.45) is 5.79. The number of fused-ring (bicyclic) bond motifs is 3. The van der Waals surface area contributed by atoms with Crippen molar-refractivity contribution < 1.29 is 9.63 Å². The Labute approximate surface area is 181 Å². The van der Waals surface area contributed by atoms with Crippen LogP contribution in [0.1, 0.15) is 56.0 Å². The molecule has 0 aliphatic heterocycles. The van der Waals surface area contributed by atoms with E-state index in [0.29, 0.717) is 22.6 Å². The number of aromatic nitrogens is 5. The third-order valence-corrected chi connectivity index (χ3v) is 6.28. The summed E-state index contributed by atoms with van der Waals surface area (Å²) >= 11 is 6.24. The van der Waals surface area contributed by atoms with Crippen LogP contribution in [0.25, 0.3) is 28.1 Å². The van der Waals surface area contributed by atoms with Gasteiger partial charge in [0.1, 0.15) is 23.6 Å². The Hall–Kier alpha value is -3.22. The first-order valence-electron chi connectivity index (χ1n) is 10.1. The van der Waals surface area contributed by atoms with Crippen LogP contribution in [0, 0.1) is 11.3 Å². The van der Waals surface area contributed by atoms with E-state index in [1.807, 2.05) is 0 Å². The fourth-order valence-electron chi connectivity index (χ4n) is 4.39. The Kier molecular flexibility index (Phi) is 4.76. The van der Waals surface area contributed by atoms with Gasteiger partial charge in [-0.15, -0.1) is 0 Å². The van der Waals surface area contributed by atoms with Gasteiger partial charge in [0.2, 0.25) is 11.7 Å². The Balaban J connectivity index is 1.82. The lowest BCUT2D eigenvalue weighted by Crippen LogP contribution is -2.28. The molecule has 31 heavy (non-hydrogen) atoms. The molecule has 1 N–H and O–H groups in total. The van der Waals surface area contributed by atoms with E-state index in [1.165, 1.54) is 10.9 Å². The number of benzene rings is 1. The molecule has 3 heterocycles. The highest BCUT2D eigenvalue weighted by Gasteiger charge is 2.27. The fraction of sp³-hybridized carbons (Fsp3) is 0.381. The van der Waals surface area contributed by atoms with Crippen molar-refractivity contribution in [1.82, 2.24) is 24.1 Å². The van der Waals surface area contributed by atoms with Gasteiger partial charge < -0.3 is 9.63 Å². The summed E-state index contributed by atoms with van der Waals surface area (Å²) in [5.74, 6) is 1.05. The molecule has 3 aromatic heterocycles. The number of hydrogen-bond donors (Lipinski definition) is 1. The molecule has 1 unspecified atom stereocenters. The van der Waals surface area contributed by atoms with Crippen LogP contribution in [0.2, 0.25) is 5.02 Å². The molecule has 0 bridgehead atoms. The van der Waals surface area contributed by atoms with Crippen LogP contribution in [-0.4, -0.2) is 35.8 Å². The van der Waals surface area contributed by atoms with E-state index in [1.54, 1.807) is 23.5 Å². The molecule has 0 spiro atoms. The van der Waals surface area contributed by atoms with Gasteiger partial charge in [-0.3, -0.25) is 13.8 Å². The predicted octanol–water partition coefficient (Wildman–Crippen LogP) is 3.44. The summed E-state index contributed by atoms with van der Waals surface area (Å²) in [4.78, 5) is 22.5. The number of imidazole rings is 1. The summed E-state index contributed by atoms with van der Waals surface area (Å²) in [5, 5.41) is 23.8. The van der Waals surface area contributed by atoms with E-state index in [0.717, 1.165) is 25.7 Å². The first-order valence-corrected chi connectivity index (χ1v) is 10.5. The van der Waals surface area contributed by atoms with Crippen LogP contribution in [0.15, 0.2) is 27.8 Å². The molecule has 0 amide bonds. The van der Waals surface area contributed by atoms with Crippen LogP contribution >= 0.6 is 11.6 Å². The Bertz CT molecular complexity index is 1410. The van der Waals surface area contributed by atoms with Crippen LogP contribution in [0.4, 0.5) is 0 Å². The van der Waals surface area contributed by atoms with E-state index in [4.69, 9.17) is 16.1 Å². The minimum Gasteiger partial charge on any atom is -0.394 e. The third kappa shape index (κ3) is 2.94. The third-order valence-electron chi connectivity index (χ3n) is 5.97. The van der Waals surface area contributed by atoms with Crippen molar-refractivity contribution in [1.29, 1.82) is 5.26 Å². The smallest absolute Gasteiger partial charge is 0.278 e. The molecule has 1 saturated carbocycles. The molecule has 1 aromatic carbocycles. The lowest BCUT2D eigenvalue weighted by Gasteiger charge is -2.18. The van der Waals surface area contributed by atoms with Crippen LogP contribution in [0.5, 0.6) is 0 Å². The van der Waals surface area contributed by atoms with Gasteiger partial charge in [0.15, 0.2) is 0 Å². The zero-order chi connectivity index (χ0) is 21.7. The van der Waals surface area contributed by atoms with Crippen LogP contribution in [-0.2, 0) is 0 Å². The van der Waals surface area contributed by atoms with Gasteiger partial charge in [0, 0.05) is 5.92 Å². The Morgan fingerprint density at radius 3 is 2.84 bits per heavy atom. The van der Waals surface area contributed by atoms with Crippen LogP contribution in [0.3, 0.4) is 0 Å². The molecule has 9 nitrogen and oxygen atoms in total. The SMILES string of the molecule is CC(CO)n1c(=O)c2c(-c3noc(C4CCCC4)n3)ncn2c2ccc(Cl)c(C#N)c21. The summed E-state index contributed by atoms with van der Waals surface area (Å²) < 4.78 is 8.47. The number of hydrogen-bond acceptors (Lipinski definition) is 7. The number of aliphatic hydroxyl groups excluding tert-OH is 1. The van der Waals surface area contributed by atoms with Crippen molar-refractivity contribution in [3.05, 3.63) is 45.3 Å². The monoisotopic (exact) mass is 438 g/mol. The second-order valence-corrected chi connectivity index (χ2v) is 8.27. The summed E-state index contributed by atoms with van der Waals surface area (Å²) in [6.45, 7) is 1.40. The van der Waals surface area contributed by atoms with Crippen molar-refractivity contribution in [2.24, 2.45) is 0 Å². The van der Waals surface area contributed by atoms with Crippen molar-refractivity contribution in [3.8, 4) is 17.6 Å². The van der Waals surface area contributed by atoms with Gasteiger partial charge in [-0.1, -0.05) is 29.6 Å². The highest BCUT2D eigenvalue weighted by molar-refractivity contribution is 6.32. The molecule has 1 aliphatic carbocycles. The quantitative estimate of drug-likeness (QED) is 0.517. The minimum absolute atomic E-state index is 0.164. The van der Waals surface area contributed by atoms with E-state index >= 15 is 0 Å². The lowest BCUT2D eigenvalue weighted by atomic mass is 10.1. The van der Waals surface area contributed by atoms with E-state index in [-0.39, 0.29) is 34.5 Å². The Morgan fingerprint density at radius 2 is 2.13 bits per heavy atom. The molecular formula is C21H19ClN6O3. The van der Waals surface area contributed by atoms with Crippen molar-refractivity contribution in [2.45, 2.75) is 44.6 Å². The predicted molar refractivity (Wildman–Crippen MR) is 113 cm³/mol. The minimum atomic E-state index is -0.590. The average Bonchev–Trinajstić information content (AvgIpc) is 3.53. The maximum Gasteiger partial charge on any atom is 0.278 e. The largest absolute Gasteiger partial charge is 0.394 e. The molecule has 0 saturated heterocycles. The highest BCUT2D eigenvalue weighted by Crippen LogP contribution is 2.34. The first kappa shape index (κ1) is 19.7. The van der Waals surface area contributed by atoms with Crippen molar-refractivity contribution >= 4 is 28.2 Å². The second kappa shape index (κ2) is 7.48. The summed E-state index contributed by atoms with van der Waals surface area (Å²) in [7, 11) is 0. The number of nitriles is 1. The lowest BCUT2D eigenvalue weighted by molar-refractivity contribution is 0.239. The second-order valence-electron chi connectivity index (χ2n) is 7.86. The zero-order valence-corrected chi connectivity index (χ0v) is 17.5. The summed E-state index contributed by atoms with van der Waals surface area (Å²) in [5.41, 5.74) is 1.20. The molecule has 1 atom stereocenters. The Morgan fingerprint density at radius 1 is 1.35 bits per heavy atom. The molecule has 10 heteroatoms. The van der Waals surface area contributed by atoms with Gasteiger partial charge in [0.05, 0.1) is 34.3 Å². The average molecular weight is 439 g/mol. The van der Waals surface area contributed by atoms with E-state index in [2.05, 4.69) is 21.2 Å². The maximum atomic E-state index is 13.6. The summed E-state index contributed by atoms with van der Waals surface area (Å²) in [6, 6.07) is 4.81. The molecule has 4 aromatic rings. The zero-order valence-electron chi connectivity index (χ0n) is 16.7. The van der Waals surface area contributed by atoms with E-state index in [9.17, 15) is 15.2 Å². The number of nitrogens with zero attached hydrogens (tertiary/aromatic N) is 6. The molecule has 158 valence electrons. The topological polar surface area (TPSA) is 122 Å². The molecule has 1 fully saturated rings. The fourth-order valence-corrected chi connectivity index (χ4v) is 4.58. The van der Waals surface area contributed by atoms with Crippen molar-refractivity contribution in [3.63, 3.8) is 0 Å². The number of aliphatic hydroxyl groups is 1. The standard InChI is InChI=1S/C21H19ClN6O3/c1-11(9-29)28-17-13(8-23)14(22)6-7-15(17)27-10-24-16(18(27)21(28)30)19-25-20(31-26-19)12-4-2-3-5-12/h6-7,10-12,29H,2-5,9H2,1H3. The molecular weight excluding hydrogens is 420 g/mol. The van der Waals surface area contributed by atoms with Gasteiger partial charge in [0.25, 0.3) is 5.56 Å².